The fraction of sp³-hybridized carbons (Fsp3) is 0.333. The van der Waals surface area contributed by atoms with Gasteiger partial charge in [0.25, 0.3) is 0 Å². The lowest BCUT2D eigenvalue weighted by Gasteiger charge is -2.31. The maximum atomic E-state index is 13.7. The first-order valence-electron chi connectivity index (χ1n) is 5.40. The number of benzene rings is 1. The Morgan fingerprint density at radius 1 is 1.56 bits per heavy atom. The molecule has 2 atom stereocenters. The zero-order valence-corrected chi connectivity index (χ0v) is 10.4. The summed E-state index contributed by atoms with van der Waals surface area (Å²) < 4.78 is 13.7. The van der Waals surface area contributed by atoms with Crippen molar-refractivity contribution in [1.82, 2.24) is 4.90 Å². The summed E-state index contributed by atoms with van der Waals surface area (Å²) >= 11 is 1.22. The number of hydrogen-bond donors (Lipinski definition) is 0. The molecule has 0 N–H and O–H groups in total. The molecule has 0 saturated carbocycles. The molecule has 0 aromatic heterocycles. The summed E-state index contributed by atoms with van der Waals surface area (Å²) in [6.07, 6.45) is 0. The molecule has 1 aromatic carbocycles. The largest absolute Gasteiger partial charge is 0.548 e. The second kappa shape index (κ2) is 4.97. The lowest BCUT2D eigenvalue weighted by atomic mass is 10.1. The van der Waals surface area contributed by atoms with Crippen molar-refractivity contribution in [3.8, 4) is 0 Å². The van der Waals surface area contributed by atoms with E-state index >= 15 is 0 Å². The van der Waals surface area contributed by atoms with Crippen molar-refractivity contribution in [2.45, 2.75) is 18.3 Å². The van der Waals surface area contributed by atoms with Gasteiger partial charge in [-0.2, -0.15) is 0 Å². The quantitative estimate of drug-likeness (QED) is 0.802. The van der Waals surface area contributed by atoms with Crippen LogP contribution in [0.1, 0.15) is 17.9 Å². The lowest BCUT2D eigenvalue weighted by molar-refractivity contribution is -0.310. The van der Waals surface area contributed by atoms with Gasteiger partial charge in [0.05, 0.1) is 17.8 Å². The Bertz CT molecular complexity index is 494. The van der Waals surface area contributed by atoms with E-state index in [1.165, 1.54) is 29.7 Å². The average Bonchev–Trinajstić information content (AvgIpc) is 2.70. The first-order chi connectivity index (χ1) is 8.52. The number of carbonyl (C=O) groups is 2. The van der Waals surface area contributed by atoms with E-state index in [2.05, 4.69) is 0 Å². The van der Waals surface area contributed by atoms with E-state index in [0.29, 0.717) is 5.56 Å². The molecule has 1 aliphatic heterocycles. The Hall–Kier alpha value is -1.56. The van der Waals surface area contributed by atoms with Gasteiger partial charge in [0.2, 0.25) is 5.91 Å². The zero-order chi connectivity index (χ0) is 13.3. The van der Waals surface area contributed by atoms with Crippen LogP contribution in [0.25, 0.3) is 0 Å². The van der Waals surface area contributed by atoms with Gasteiger partial charge < -0.3 is 14.8 Å². The molecule has 2 rings (SSSR count). The second-order valence-corrected chi connectivity index (χ2v) is 5.05. The van der Waals surface area contributed by atoms with Crippen molar-refractivity contribution in [3.63, 3.8) is 0 Å². The van der Waals surface area contributed by atoms with E-state index in [1.54, 1.807) is 18.2 Å². The van der Waals surface area contributed by atoms with E-state index in [1.807, 2.05) is 0 Å². The third kappa shape index (κ3) is 2.20. The van der Waals surface area contributed by atoms with Crippen LogP contribution in [0.5, 0.6) is 0 Å². The van der Waals surface area contributed by atoms with Gasteiger partial charge in [0.1, 0.15) is 11.2 Å². The molecular formula is C12H11FNO3S-. The lowest BCUT2D eigenvalue weighted by Crippen LogP contribution is -2.47. The number of carbonyl (C=O) groups excluding carboxylic acids is 2. The van der Waals surface area contributed by atoms with Crippen LogP contribution < -0.4 is 5.11 Å². The van der Waals surface area contributed by atoms with Crippen LogP contribution in [-0.4, -0.2) is 28.6 Å². The van der Waals surface area contributed by atoms with Gasteiger partial charge in [0.15, 0.2) is 0 Å². The molecule has 0 unspecified atom stereocenters. The normalized spacial score (nSPS) is 21.1. The number of amides is 1. The van der Waals surface area contributed by atoms with Gasteiger partial charge in [-0.1, -0.05) is 18.2 Å². The van der Waals surface area contributed by atoms with Crippen molar-refractivity contribution in [2.75, 3.05) is 5.75 Å². The molecular weight excluding hydrogens is 257 g/mol. The summed E-state index contributed by atoms with van der Waals surface area (Å²) in [5, 5.41) is 10.3. The topological polar surface area (TPSA) is 60.4 Å². The molecule has 1 aliphatic rings. The summed E-state index contributed by atoms with van der Waals surface area (Å²) in [6.45, 7) is 1.37. The molecule has 1 amide bonds. The summed E-state index contributed by atoms with van der Waals surface area (Å²) in [6, 6.07) is 4.98. The summed E-state index contributed by atoms with van der Waals surface area (Å²) in [5.41, 5.74) is 0.321. The van der Waals surface area contributed by atoms with Crippen LogP contribution in [0.3, 0.4) is 0 Å². The highest BCUT2D eigenvalue weighted by molar-refractivity contribution is 8.00. The molecule has 1 saturated heterocycles. The minimum absolute atomic E-state index is 0.149. The van der Waals surface area contributed by atoms with Crippen LogP contribution in [-0.2, 0) is 9.59 Å². The van der Waals surface area contributed by atoms with E-state index < -0.39 is 23.2 Å². The molecule has 4 nitrogen and oxygen atoms in total. The zero-order valence-electron chi connectivity index (χ0n) is 9.63. The van der Waals surface area contributed by atoms with Crippen molar-refractivity contribution in [3.05, 3.63) is 35.6 Å². The Kier molecular flexibility index (Phi) is 3.56. The number of thioether (sulfide) groups is 1. The fourth-order valence-corrected chi connectivity index (χ4v) is 3.16. The van der Waals surface area contributed by atoms with Gasteiger partial charge in [-0.05, 0) is 13.0 Å². The average molecular weight is 268 g/mol. The third-order valence-electron chi connectivity index (χ3n) is 2.83. The number of nitrogens with zero attached hydrogens (tertiary/aromatic N) is 1. The maximum Gasteiger partial charge on any atom is 0.234 e. The van der Waals surface area contributed by atoms with Gasteiger partial charge >= 0.3 is 0 Å². The van der Waals surface area contributed by atoms with Gasteiger partial charge in [-0.3, -0.25) is 4.79 Å². The Balaban J connectivity index is 2.35. The predicted molar refractivity (Wildman–Crippen MR) is 62.9 cm³/mol. The SMILES string of the molecule is C[C@@H](C(=O)[O-])N1C(=O)CS[C@H]1c1ccccc1F. The first kappa shape index (κ1) is 12.9. The predicted octanol–water partition coefficient (Wildman–Crippen LogP) is 0.538. The minimum Gasteiger partial charge on any atom is -0.548 e. The highest BCUT2D eigenvalue weighted by Crippen LogP contribution is 2.40. The molecule has 18 heavy (non-hydrogen) atoms. The molecule has 0 spiro atoms. The standard InChI is InChI=1S/C12H12FNO3S/c1-7(12(16)17)14-10(15)6-18-11(14)8-4-2-3-5-9(8)13/h2-5,7,11H,6H2,1H3,(H,16,17)/p-1/t7-,11-/m0/s1. The number of carboxylic acid groups (broad SMARTS) is 1. The molecule has 0 radical (unpaired) electrons. The number of carboxylic acids is 1. The van der Waals surface area contributed by atoms with E-state index in [-0.39, 0.29) is 11.7 Å². The molecule has 1 heterocycles. The summed E-state index contributed by atoms with van der Waals surface area (Å²) in [7, 11) is 0. The summed E-state index contributed by atoms with van der Waals surface area (Å²) in [5.74, 6) is -1.95. The molecule has 96 valence electrons. The molecule has 1 fully saturated rings. The number of hydrogen-bond acceptors (Lipinski definition) is 4. The number of aliphatic carboxylic acids is 1. The highest BCUT2D eigenvalue weighted by atomic mass is 32.2. The fourth-order valence-electron chi connectivity index (χ4n) is 1.88. The number of rotatable bonds is 3. The molecule has 1 aromatic rings. The summed E-state index contributed by atoms with van der Waals surface area (Å²) in [4.78, 5) is 23.8. The van der Waals surface area contributed by atoms with Crippen LogP contribution in [0.15, 0.2) is 24.3 Å². The van der Waals surface area contributed by atoms with Crippen molar-refractivity contribution in [1.29, 1.82) is 0 Å². The van der Waals surface area contributed by atoms with Crippen molar-refractivity contribution >= 4 is 23.6 Å². The van der Waals surface area contributed by atoms with Gasteiger partial charge in [0, 0.05) is 5.56 Å². The third-order valence-corrected chi connectivity index (χ3v) is 4.05. The monoisotopic (exact) mass is 268 g/mol. The van der Waals surface area contributed by atoms with Crippen molar-refractivity contribution < 1.29 is 19.1 Å². The van der Waals surface area contributed by atoms with E-state index in [0.717, 1.165) is 0 Å². The van der Waals surface area contributed by atoms with Crippen LogP contribution in [0.4, 0.5) is 4.39 Å². The van der Waals surface area contributed by atoms with Gasteiger partial charge in [-0.15, -0.1) is 11.8 Å². The molecule has 6 heteroatoms. The highest BCUT2D eigenvalue weighted by Gasteiger charge is 2.37. The first-order valence-corrected chi connectivity index (χ1v) is 6.45. The minimum atomic E-state index is -1.34. The van der Waals surface area contributed by atoms with E-state index in [9.17, 15) is 19.1 Å². The van der Waals surface area contributed by atoms with Gasteiger partial charge in [-0.25, -0.2) is 4.39 Å². The van der Waals surface area contributed by atoms with Crippen LogP contribution in [0.2, 0.25) is 0 Å². The van der Waals surface area contributed by atoms with Crippen LogP contribution >= 0.6 is 11.8 Å². The Labute approximate surface area is 108 Å². The number of halogens is 1. The Morgan fingerprint density at radius 2 is 2.22 bits per heavy atom. The Morgan fingerprint density at radius 3 is 2.83 bits per heavy atom. The maximum absolute atomic E-state index is 13.7. The second-order valence-electron chi connectivity index (χ2n) is 3.98. The van der Waals surface area contributed by atoms with Crippen molar-refractivity contribution in [2.24, 2.45) is 0 Å². The van der Waals surface area contributed by atoms with E-state index in [4.69, 9.17) is 0 Å². The smallest absolute Gasteiger partial charge is 0.234 e. The van der Waals surface area contributed by atoms with Crippen LogP contribution in [0, 0.1) is 5.82 Å². The molecule has 0 aliphatic carbocycles. The molecule has 0 bridgehead atoms.